The van der Waals surface area contributed by atoms with Crippen molar-refractivity contribution in [3.8, 4) is 0 Å². The molecule has 1 aromatic rings. The summed E-state index contributed by atoms with van der Waals surface area (Å²) in [5.74, 6) is 2.34. The monoisotopic (exact) mass is 628 g/mol. The maximum atomic E-state index is 12.9. The summed E-state index contributed by atoms with van der Waals surface area (Å²) in [6.07, 6.45) is 13.6. The van der Waals surface area contributed by atoms with Crippen molar-refractivity contribution in [1.82, 2.24) is 10.2 Å². The molecule has 252 valence electrons. The molecule has 0 heterocycles. The molecule has 0 spiro atoms. The number of allylic oxidation sites excluding steroid dienone is 3. The van der Waals surface area contributed by atoms with Crippen molar-refractivity contribution in [2.75, 3.05) is 27.2 Å². The largest absolute Gasteiger partial charge is 0.478 e. The second-order valence-corrected chi connectivity index (χ2v) is 18.0. The zero-order valence-electron chi connectivity index (χ0n) is 30.0. The Labute approximate surface area is 278 Å². The first-order valence-electron chi connectivity index (χ1n) is 18.1. The maximum Gasteiger partial charge on any atom is 0.335 e. The molecular formula is C41H60N2O3. The van der Waals surface area contributed by atoms with Gasteiger partial charge in [-0.05, 0) is 159 Å². The van der Waals surface area contributed by atoms with Gasteiger partial charge in [-0.15, -0.1) is 0 Å². The van der Waals surface area contributed by atoms with Gasteiger partial charge in [-0.2, -0.15) is 0 Å². The zero-order chi connectivity index (χ0) is 33.4. The van der Waals surface area contributed by atoms with Crippen LogP contribution in [0.2, 0.25) is 0 Å². The minimum absolute atomic E-state index is 0.0137. The molecule has 4 fully saturated rings. The van der Waals surface area contributed by atoms with Crippen LogP contribution in [0.25, 0.3) is 5.57 Å². The van der Waals surface area contributed by atoms with Crippen molar-refractivity contribution >= 4 is 17.4 Å². The fraction of sp³-hybridized carbons (Fsp3) is 0.707. The highest BCUT2D eigenvalue weighted by atomic mass is 16.4. The number of nitrogens with one attached hydrogen (secondary N) is 1. The van der Waals surface area contributed by atoms with E-state index in [0.717, 1.165) is 13.0 Å². The van der Waals surface area contributed by atoms with Crippen LogP contribution >= 0.6 is 0 Å². The zero-order valence-corrected chi connectivity index (χ0v) is 30.0. The maximum absolute atomic E-state index is 12.9. The Bertz CT molecular complexity index is 1430. The number of likely N-dealkylation sites (N-methyl/N-ethyl adjacent to an activating group) is 1. The van der Waals surface area contributed by atoms with Crippen LogP contribution in [-0.2, 0) is 4.79 Å². The third kappa shape index (κ3) is 4.88. The van der Waals surface area contributed by atoms with Crippen molar-refractivity contribution in [2.24, 2.45) is 56.7 Å². The van der Waals surface area contributed by atoms with E-state index in [-0.39, 0.29) is 33.0 Å². The van der Waals surface area contributed by atoms with E-state index in [0.29, 0.717) is 41.7 Å². The van der Waals surface area contributed by atoms with Crippen LogP contribution in [0, 0.1) is 56.7 Å². The minimum atomic E-state index is -0.868. The second kappa shape index (κ2) is 11.3. The third-order valence-electron chi connectivity index (χ3n) is 15.4. The summed E-state index contributed by atoms with van der Waals surface area (Å²) in [7, 11) is 3.94. The van der Waals surface area contributed by atoms with Crippen LogP contribution in [0.4, 0.5) is 0 Å². The van der Waals surface area contributed by atoms with Crippen molar-refractivity contribution in [1.29, 1.82) is 0 Å². The van der Waals surface area contributed by atoms with E-state index in [1.807, 2.05) is 31.1 Å². The molecule has 4 saturated carbocycles. The molecule has 0 bridgehead atoms. The first-order chi connectivity index (χ1) is 21.5. The van der Waals surface area contributed by atoms with E-state index in [4.69, 9.17) is 0 Å². The van der Waals surface area contributed by atoms with Gasteiger partial charge in [0.2, 0.25) is 5.91 Å². The summed E-state index contributed by atoms with van der Waals surface area (Å²) >= 11 is 0. The lowest BCUT2D eigenvalue weighted by atomic mass is 9.32. The van der Waals surface area contributed by atoms with Crippen molar-refractivity contribution < 1.29 is 14.7 Å². The number of rotatable bonds is 7. The average molecular weight is 629 g/mol. The summed E-state index contributed by atoms with van der Waals surface area (Å²) < 4.78 is 0. The number of hydrogen-bond acceptors (Lipinski definition) is 3. The van der Waals surface area contributed by atoms with Gasteiger partial charge in [0.1, 0.15) is 0 Å². The van der Waals surface area contributed by atoms with Crippen molar-refractivity contribution in [2.45, 2.75) is 99.3 Å². The quantitative estimate of drug-likeness (QED) is 0.296. The van der Waals surface area contributed by atoms with Crippen LogP contribution in [0.5, 0.6) is 0 Å². The molecule has 46 heavy (non-hydrogen) atoms. The number of carboxylic acid groups (broad SMARTS) is 1. The highest BCUT2D eigenvalue weighted by Crippen LogP contribution is 2.77. The van der Waals surface area contributed by atoms with Gasteiger partial charge in [0.05, 0.1) is 12.1 Å². The summed E-state index contributed by atoms with van der Waals surface area (Å²) in [6, 6.07) is 7.58. The summed E-state index contributed by atoms with van der Waals surface area (Å²) in [5, 5.41) is 12.9. The van der Waals surface area contributed by atoms with E-state index < -0.39 is 5.97 Å². The molecular weight excluding hydrogens is 568 g/mol. The fourth-order valence-corrected chi connectivity index (χ4v) is 13.1. The number of carbonyl (C=O) groups is 2. The number of carboxylic acids is 1. The Morgan fingerprint density at radius 2 is 1.61 bits per heavy atom. The molecule has 0 radical (unpaired) electrons. The van der Waals surface area contributed by atoms with E-state index in [1.54, 1.807) is 12.1 Å². The predicted molar refractivity (Wildman–Crippen MR) is 187 cm³/mol. The van der Waals surface area contributed by atoms with Crippen LogP contribution in [-0.4, -0.2) is 49.1 Å². The van der Waals surface area contributed by atoms with Gasteiger partial charge in [0.15, 0.2) is 0 Å². The number of benzene rings is 1. The Kier molecular flexibility index (Phi) is 8.26. The van der Waals surface area contributed by atoms with Crippen LogP contribution in [0.3, 0.4) is 0 Å². The molecule has 1 amide bonds. The van der Waals surface area contributed by atoms with Gasteiger partial charge in [0, 0.05) is 6.54 Å². The Balaban J connectivity index is 1.31. The van der Waals surface area contributed by atoms with E-state index in [1.165, 1.54) is 68.1 Å². The molecule has 5 aliphatic rings. The smallest absolute Gasteiger partial charge is 0.335 e. The van der Waals surface area contributed by atoms with Gasteiger partial charge in [-0.1, -0.05) is 65.0 Å². The topological polar surface area (TPSA) is 69.6 Å². The molecule has 2 N–H and O–H groups in total. The van der Waals surface area contributed by atoms with Crippen molar-refractivity contribution in [3.63, 3.8) is 0 Å². The van der Waals surface area contributed by atoms with Gasteiger partial charge in [-0.3, -0.25) is 4.79 Å². The van der Waals surface area contributed by atoms with Crippen LogP contribution in [0.1, 0.15) is 115 Å². The fourth-order valence-electron chi connectivity index (χ4n) is 13.1. The van der Waals surface area contributed by atoms with Gasteiger partial charge >= 0.3 is 5.97 Å². The van der Waals surface area contributed by atoms with Crippen LogP contribution in [0.15, 0.2) is 42.5 Å². The third-order valence-corrected chi connectivity index (χ3v) is 15.4. The molecule has 6 rings (SSSR count). The SMILES string of the molecule is C=C(C)[C@@H]1CC[C@]2(CNC(=O)CN(C)C)CC[C@]3(C)[C@H](CC[C@@H]4[C@@]5(C)CC=C(c6ccc(C(=O)O)cc6)C(C)(C)[C@@H]5CC[C@]43C)[C@@H]12. The first-order valence-corrected chi connectivity index (χ1v) is 18.1. The molecule has 0 aromatic heterocycles. The molecule has 5 nitrogen and oxygen atoms in total. The van der Waals surface area contributed by atoms with Crippen LogP contribution < -0.4 is 5.32 Å². The molecule has 0 unspecified atom stereocenters. The Morgan fingerprint density at radius 1 is 0.913 bits per heavy atom. The molecule has 1 aromatic carbocycles. The minimum Gasteiger partial charge on any atom is -0.478 e. The number of carbonyl (C=O) groups excluding carboxylic acids is 1. The lowest BCUT2D eigenvalue weighted by Crippen LogP contribution is -2.66. The lowest BCUT2D eigenvalue weighted by molar-refractivity contribution is -0.225. The number of nitrogens with zero attached hydrogens (tertiary/aromatic N) is 1. The molecule has 5 aliphatic carbocycles. The first kappa shape index (κ1) is 33.5. The lowest BCUT2D eigenvalue weighted by Gasteiger charge is -2.72. The Hall–Kier alpha value is -2.40. The Morgan fingerprint density at radius 3 is 2.24 bits per heavy atom. The molecule has 9 atom stereocenters. The predicted octanol–water partition coefficient (Wildman–Crippen LogP) is 8.71. The standard InChI is InChI=1S/C41H60N2O3/c1-26(2)29-16-21-41(25-42-34(44)24-43(8)9)23-22-39(6)31(35(29)41)14-15-33-38(5)19-17-30(27-10-12-28(13-11-27)36(45)46)37(3,4)32(38)18-20-40(33,39)7/h10-13,17,29,31-33,35H,1,14-16,18-25H2,2-9H3,(H,42,44)(H,45,46)/t29-,31+,32-,33+,35+,38-,39+,40+,41+/m0/s1. The van der Waals surface area contributed by atoms with Gasteiger partial charge in [-0.25, -0.2) is 4.79 Å². The number of fused-ring (bicyclic) bond motifs is 7. The van der Waals surface area contributed by atoms with E-state index in [9.17, 15) is 14.7 Å². The molecule has 0 aliphatic heterocycles. The van der Waals surface area contributed by atoms with E-state index in [2.05, 4.69) is 59.5 Å². The number of aromatic carboxylic acids is 1. The number of amides is 1. The highest BCUT2D eigenvalue weighted by molar-refractivity contribution is 5.88. The summed E-state index contributed by atoms with van der Waals surface area (Å²) in [5.41, 5.74) is 5.23. The average Bonchev–Trinajstić information content (AvgIpc) is 3.36. The van der Waals surface area contributed by atoms with E-state index >= 15 is 0 Å². The van der Waals surface area contributed by atoms with Gasteiger partial charge in [0.25, 0.3) is 0 Å². The second-order valence-electron chi connectivity index (χ2n) is 18.0. The molecule has 5 heteroatoms. The van der Waals surface area contributed by atoms with Gasteiger partial charge < -0.3 is 15.3 Å². The summed E-state index contributed by atoms with van der Waals surface area (Å²) in [6.45, 7) is 21.0. The summed E-state index contributed by atoms with van der Waals surface area (Å²) in [4.78, 5) is 26.3. The molecule has 0 saturated heterocycles. The normalized spacial score (nSPS) is 41.0. The number of hydrogen-bond donors (Lipinski definition) is 2. The van der Waals surface area contributed by atoms with Crippen molar-refractivity contribution in [3.05, 3.63) is 53.6 Å². The highest BCUT2D eigenvalue weighted by Gasteiger charge is 2.70.